The number of esters is 1. The van der Waals surface area contributed by atoms with Crippen LogP contribution in [0, 0.1) is 6.92 Å². The van der Waals surface area contributed by atoms with Gasteiger partial charge in [0.15, 0.2) is 5.70 Å². The van der Waals surface area contributed by atoms with Gasteiger partial charge in [-0.3, -0.25) is 0 Å². The van der Waals surface area contributed by atoms with Gasteiger partial charge in [-0.2, -0.15) is 0 Å². The first-order chi connectivity index (χ1) is 14.1. The van der Waals surface area contributed by atoms with Gasteiger partial charge in [0, 0.05) is 10.0 Å². The molecule has 3 aromatic carbocycles. The number of aliphatic imine (C=N–C) groups is 1. The predicted molar refractivity (Wildman–Crippen MR) is 117 cm³/mol. The lowest BCUT2D eigenvalue weighted by atomic mass is 10.1. The van der Waals surface area contributed by atoms with Gasteiger partial charge in [0.1, 0.15) is 12.4 Å². The molecule has 0 amide bonds. The van der Waals surface area contributed by atoms with Gasteiger partial charge in [-0.25, -0.2) is 9.79 Å². The van der Waals surface area contributed by atoms with Crippen LogP contribution in [0.5, 0.6) is 5.75 Å². The summed E-state index contributed by atoms with van der Waals surface area (Å²) in [7, 11) is 0. The Balaban J connectivity index is 1.47. The predicted octanol–water partition coefficient (Wildman–Crippen LogP) is 5.68. The highest BCUT2D eigenvalue weighted by molar-refractivity contribution is 9.10. The molecule has 1 heterocycles. The first kappa shape index (κ1) is 19.2. The van der Waals surface area contributed by atoms with Gasteiger partial charge in [-0.1, -0.05) is 58.4 Å². The number of benzene rings is 3. The van der Waals surface area contributed by atoms with Gasteiger partial charge in [-0.05, 0) is 60.0 Å². The highest BCUT2D eigenvalue weighted by atomic mass is 79.9. The molecule has 0 radical (unpaired) electrons. The van der Waals surface area contributed by atoms with Crippen molar-refractivity contribution in [1.29, 1.82) is 0 Å². The summed E-state index contributed by atoms with van der Waals surface area (Å²) in [6, 6.07) is 23.2. The number of carbonyl (C=O) groups is 1. The number of halogens is 1. The maximum atomic E-state index is 12.2. The van der Waals surface area contributed by atoms with E-state index in [1.165, 1.54) is 5.56 Å². The molecule has 3 aromatic rings. The third-order valence-corrected chi connectivity index (χ3v) is 5.02. The molecule has 0 aliphatic carbocycles. The minimum Gasteiger partial charge on any atom is -0.489 e. The van der Waals surface area contributed by atoms with Crippen molar-refractivity contribution in [2.24, 2.45) is 4.99 Å². The van der Waals surface area contributed by atoms with Crippen LogP contribution in [-0.2, 0) is 16.1 Å². The van der Waals surface area contributed by atoms with Gasteiger partial charge in [0.25, 0.3) is 0 Å². The van der Waals surface area contributed by atoms with E-state index in [9.17, 15) is 4.79 Å². The van der Waals surface area contributed by atoms with Crippen molar-refractivity contribution in [1.82, 2.24) is 0 Å². The molecule has 4 nitrogen and oxygen atoms in total. The van der Waals surface area contributed by atoms with Crippen LogP contribution in [0.4, 0.5) is 0 Å². The smallest absolute Gasteiger partial charge is 0.363 e. The molecule has 4 rings (SSSR count). The van der Waals surface area contributed by atoms with Gasteiger partial charge >= 0.3 is 5.97 Å². The van der Waals surface area contributed by atoms with Crippen LogP contribution in [-0.4, -0.2) is 11.9 Å². The molecule has 144 valence electrons. The summed E-state index contributed by atoms with van der Waals surface area (Å²) in [6.07, 6.45) is 1.71. The lowest BCUT2D eigenvalue weighted by Crippen LogP contribution is -2.05. The zero-order chi connectivity index (χ0) is 20.2. The van der Waals surface area contributed by atoms with Crippen LogP contribution in [0.15, 0.2) is 88.0 Å². The maximum absolute atomic E-state index is 12.2. The summed E-state index contributed by atoms with van der Waals surface area (Å²) in [5.41, 5.74) is 4.22. The lowest BCUT2D eigenvalue weighted by molar-refractivity contribution is -0.129. The van der Waals surface area contributed by atoms with E-state index in [0.717, 1.165) is 26.9 Å². The summed E-state index contributed by atoms with van der Waals surface area (Å²) in [4.78, 5) is 16.5. The fourth-order valence-electron chi connectivity index (χ4n) is 2.91. The maximum Gasteiger partial charge on any atom is 0.363 e. The largest absolute Gasteiger partial charge is 0.489 e. The molecule has 29 heavy (non-hydrogen) atoms. The molecular weight excluding hydrogens is 430 g/mol. The van der Waals surface area contributed by atoms with Crippen molar-refractivity contribution in [2.45, 2.75) is 13.5 Å². The Bertz CT molecular complexity index is 1120. The Morgan fingerprint density at radius 3 is 2.59 bits per heavy atom. The summed E-state index contributed by atoms with van der Waals surface area (Å²) in [5.74, 6) is 0.614. The summed E-state index contributed by atoms with van der Waals surface area (Å²) in [6.45, 7) is 2.58. The molecule has 0 bridgehead atoms. The van der Waals surface area contributed by atoms with Crippen LogP contribution in [0.25, 0.3) is 6.08 Å². The fraction of sp³-hybridized carbons (Fsp3) is 0.0833. The van der Waals surface area contributed by atoms with Gasteiger partial charge in [-0.15, -0.1) is 0 Å². The van der Waals surface area contributed by atoms with Crippen molar-refractivity contribution in [3.63, 3.8) is 0 Å². The average molecular weight is 448 g/mol. The molecule has 0 unspecified atom stereocenters. The molecule has 1 aliphatic rings. The first-order valence-electron chi connectivity index (χ1n) is 9.14. The molecule has 0 atom stereocenters. The molecule has 0 spiro atoms. The molecule has 0 fully saturated rings. The SMILES string of the molecule is Cc1ccccc1COc1ccc(/C=C2\N=C(c3cccc(Br)c3)OC2=O)cc1. The molecule has 0 aromatic heterocycles. The van der Waals surface area contributed by atoms with Crippen molar-refractivity contribution in [2.75, 3.05) is 0 Å². The third-order valence-electron chi connectivity index (χ3n) is 4.53. The Morgan fingerprint density at radius 2 is 1.83 bits per heavy atom. The van der Waals surface area contributed by atoms with E-state index in [1.54, 1.807) is 6.08 Å². The minimum atomic E-state index is -0.458. The number of ether oxygens (including phenoxy) is 2. The van der Waals surface area contributed by atoms with E-state index < -0.39 is 5.97 Å². The van der Waals surface area contributed by atoms with E-state index in [1.807, 2.05) is 60.7 Å². The second kappa shape index (κ2) is 8.45. The number of cyclic esters (lactones) is 1. The number of nitrogens with zero attached hydrogens (tertiary/aromatic N) is 1. The van der Waals surface area contributed by atoms with Crippen molar-refractivity contribution >= 4 is 33.9 Å². The van der Waals surface area contributed by atoms with Crippen LogP contribution < -0.4 is 4.74 Å². The van der Waals surface area contributed by atoms with Crippen LogP contribution in [0.3, 0.4) is 0 Å². The van der Waals surface area contributed by atoms with Crippen molar-refractivity contribution < 1.29 is 14.3 Å². The molecule has 0 N–H and O–H groups in total. The number of aryl methyl sites for hydroxylation is 1. The van der Waals surface area contributed by atoms with Gasteiger partial charge in [0.2, 0.25) is 5.90 Å². The van der Waals surface area contributed by atoms with Gasteiger partial charge in [0.05, 0.1) is 0 Å². The minimum absolute atomic E-state index is 0.272. The highest BCUT2D eigenvalue weighted by Crippen LogP contribution is 2.22. The molecular formula is C24H18BrNO3. The second-order valence-corrected chi connectivity index (χ2v) is 7.55. The normalized spacial score (nSPS) is 14.6. The Labute approximate surface area is 177 Å². The quantitative estimate of drug-likeness (QED) is 0.373. The highest BCUT2D eigenvalue weighted by Gasteiger charge is 2.24. The van der Waals surface area contributed by atoms with E-state index in [0.29, 0.717) is 12.5 Å². The zero-order valence-electron chi connectivity index (χ0n) is 15.8. The second-order valence-electron chi connectivity index (χ2n) is 6.63. The van der Waals surface area contributed by atoms with E-state index >= 15 is 0 Å². The Kier molecular flexibility index (Phi) is 5.58. The summed E-state index contributed by atoms with van der Waals surface area (Å²) >= 11 is 3.41. The van der Waals surface area contributed by atoms with E-state index in [4.69, 9.17) is 9.47 Å². The molecule has 1 aliphatic heterocycles. The first-order valence-corrected chi connectivity index (χ1v) is 9.94. The third kappa shape index (κ3) is 4.63. The zero-order valence-corrected chi connectivity index (χ0v) is 17.3. The number of hydrogen-bond donors (Lipinski definition) is 0. The molecule has 0 saturated carbocycles. The fourth-order valence-corrected chi connectivity index (χ4v) is 3.30. The lowest BCUT2D eigenvalue weighted by Gasteiger charge is -2.08. The number of rotatable bonds is 5. The summed E-state index contributed by atoms with van der Waals surface area (Å²) < 4.78 is 12.1. The van der Waals surface area contributed by atoms with E-state index in [2.05, 4.69) is 40.0 Å². The standard InChI is InChI=1S/C24H18BrNO3/c1-16-5-2-3-6-19(16)15-28-21-11-9-17(10-12-21)13-22-24(27)29-23(26-22)18-7-4-8-20(25)14-18/h2-14H,15H2,1H3/b22-13-. The van der Waals surface area contributed by atoms with Crippen LogP contribution in [0.2, 0.25) is 0 Å². The summed E-state index contributed by atoms with van der Waals surface area (Å²) in [5, 5.41) is 0. The molecule has 0 saturated heterocycles. The van der Waals surface area contributed by atoms with Crippen LogP contribution >= 0.6 is 15.9 Å². The monoisotopic (exact) mass is 447 g/mol. The number of hydrogen-bond acceptors (Lipinski definition) is 4. The molecule has 5 heteroatoms. The van der Waals surface area contributed by atoms with Crippen molar-refractivity contribution in [3.05, 3.63) is 105 Å². The Morgan fingerprint density at radius 1 is 1.03 bits per heavy atom. The Hall–Kier alpha value is -3.18. The van der Waals surface area contributed by atoms with E-state index in [-0.39, 0.29) is 5.70 Å². The average Bonchev–Trinajstić information content (AvgIpc) is 3.09. The van der Waals surface area contributed by atoms with Crippen LogP contribution in [0.1, 0.15) is 22.3 Å². The topological polar surface area (TPSA) is 47.9 Å². The number of carbonyl (C=O) groups excluding carboxylic acids is 1. The van der Waals surface area contributed by atoms with Crippen molar-refractivity contribution in [3.8, 4) is 5.75 Å². The van der Waals surface area contributed by atoms with Gasteiger partial charge < -0.3 is 9.47 Å².